The molecule has 0 N–H and O–H groups in total. The number of halogens is 1. The molecule has 0 aliphatic carbocycles. The Labute approximate surface area is 76.7 Å². The van der Waals surface area contributed by atoms with E-state index in [0.717, 1.165) is 5.56 Å². The summed E-state index contributed by atoms with van der Waals surface area (Å²) in [5.74, 6) is 0.0231. The molecule has 0 radical (unpaired) electrons. The molecule has 0 aliphatic heterocycles. The minimum Gasteiger partial charge on any atom is -0.295 e. The van der Waals surface area contributed by atoms with Crippen LogP contribution >= 0.6 is 11.6 Å². The fourth-order valence-corrected chi connectivity index (χ4v) is 1.02. The van der Waals surface area contributed by atoms with E-state index in [1.54, 1.807) is 12.1 Å². The van der Waals surface area contributed by atoms with E-state index in [9.17, 15) is 4.79 Å². The van der Waals surface area contributed by atoms with E-state index in [-0.39, 0.29) is 5.78 Å². The Morgan fingerprint density at radius 1 is 1.42 bits per heavy atom. The molecule has 0 amide bonds. The minimum absolute atomic E-state index is 0.0231. The van der Waals surface area contributed by atoms with Gasteiger partial charge in [-0.25, -0.2) is 0 Å². The normalized spacial score (nSPS) is 10.5. The SMILES string of the molecule is CC(=O)/C=C\c1ccccc1Cl. The maximum Gasteiger partial charge on any atom is 0.152 e. The molecule has 0 saturated carbocycles. The fourth-order valence-electron chi connectivity index (χ4n) is 0.817. The lowest BCUT2D eigenvalue weighted by Crippen LogP contribution is -1.80. The summed E-state index contributed by atoms with van der Waals surface area (Å²) < 4.78 is 0. The first kappa shape index (κ1) is 9.01. The number of ketones is 1. The second kappa shape index (κ2) is 4.07. The van der Waals surface area contributed by atoms with E-state index in [0.29, 0.717) is 5.02 Å². The van der Waals surface area contributed by atoms with Crippen molar-refractivity contribution in [3.63, 3.8) is 0 Å². The molecule has 0 unspecified atom stereocenters. The molecule has 0 spiro atoms. The molecule has 1 aromatic carbocycles. The standard InChI is InChI=1S/C10H9ClO/c1-8(12)6-7-9-4-2-3-5-10(9)11/h2-7H,1H3/b7-6-. The van der Waals surface area contributed by atoms with Crippen LogP contribution in [0.5, 0.6) is 0 Å². The van der Waals surface area contributed by atoms with Crippen molar-refractivity contribution in [3.05, 3.63) is 40.9 Å². The Kier molecular flexibility index (Phi) is 3.06. The molecule has 0 heterocycles. The van der Waals surface area contributed by atoms with Crippen molar-refractivity contribution in [2.24, 2.45) is 0 Å². The third-order valence-electron chi connectivity index (χ3n) is 1.40. The second-order valence-electron chi connectivity index (χ2n) is 2.47. The van der Waals surface area contributed by atoms with Crippen LogP contribution in [0.15, 0.2) is 30.3 Å². The zero-order chi connectivity index (χ0) is 8.97. The van der Waals surface area contributed by atoms with E-state index in [1.165, 1.54) is 13.0 Å². The van der Waals surface area contributed by atoms with E-state index in [2.05, 4.69) is 0 Å². The highest BCUT2D eigenvalue weighted by Crippen LogP contribution is 2.15. The van der Waals surface area contributed by atoms with Crippen molar-refractivity contribution in [2.45, 2.75) is 6.92 Å². The van der Waals surface area contributed by atoms with E-state index < -0.39 is 0 Å². The molecule has 2 heteroatoms. The summed E-state index contributed by atoms with van der Waals surface area (Å²) in [4.78, 5) is 10.6. The molecular weight excluding hydrogens is 172 g/mol. The van der Waals surface area contributed by atoms with Crippen LogP contribution in [-0.2, 0) is 4.79 Å². The predicted octanol–water partition coefficient (Wildman–Crippen LogP) is 2.94. The van der Waals surface area contributed by atoms with E-state index >= 15 is 0 Å². The summed E-state index contributed by atoms with van der Waals surface area (Å²) in [6, 6.07) is 7.39. The largest absolute Gasteiger partial charge is 0.295 e. The Morgan fingerprint density at radius 3 is 2.67 bits per heavy atom. The number of rotatable bonds is 2. The van der Waals surface area contributed by atoms with Gasteiger partial charge < -0.3 is 0 Å². The maximum absolute atomic E-state index is 10.6. The van der Waals surface area contributed by atoms with Gasteiger partial charge in [-0.05, 0) is 30.7 Å². The van der Waals surface area contributed by atoms with Gasteiger partial charge in [-0.3, -0.25) is 4.79 Å². The molecule has 1 nitrogen and oxygen atoms in total. The molecule has 0 fully saturated rings. The predicted molar refractivity (Wildman–Crippen MR) is 51.2 cm³/mol. The van der Waals surface area contributed by atoms with Gasteiger partial charge in [0.05, 0.1) is 0 Å². The topological polar surface area (TPSA) is 17.1 Å². The van der Waals surface area contributed by atoms with Gasteiger partial charge in [-0.1, -0.05) is 29.8 Å². The van der Waals surface area contributed by atoms with Crippen LogP contribution < -0.4 is 0 Å². The van der Waals surface area contributed by atoms with Gasteiger partial charge in [0.25, 0.3) is 0 Å². The fraction of sp³-hybridized carbons (Fsp3) is 0.100. The molecule has 0 atom stereocenters. The Hall–Kier alpha value is -1.08. The summed E-state index contributed by atoms with van der Waals surface area (Å²) >= 11 is 5.85. The second-order valence-corrected chi connectivity index (χ2v) is 2.87. The molecule has 1 aromatic rings. The quantitative estimate of drug-likeness (QED) is 0.640. The van der Waals surface area contributed by atoms with Crippen molar-refractivity contribution in [3.8, 4) is 0 Å². The lowest BCUT2D eigenvalue weighted by Gasteiger charge is -1.94. The number of allylic oxidation sites excluding steroid dienone is 1. The highest BCUT2D eigenvalue weighted by atomic mass is 35.5. The van der Waals surface area contributed by atoms with Gasteiger partial charge in [-0.15, -0.1) is 0 Å². The summed E-state index contributed by atoms with van der Waals surface area (Å²) in [7, 11) is 0. The van der Waals surface area contributed by atoms with Crippen molar-refractivity contribution in [1.29, 1.82) is 0 Å². The Balaban J connectivity index is 2.89. The van der Waals surface area contributed by atoms with E-state index in [1.807, 2.05) is 18.2 Å². The highest BCUT2D eigenvalue weighted by molar-refractivity contribution is 6.32. The molecule has 0 aliphatic rings. The third-order valence-corrected chi connectivity index (χ3v) is 1.75. The maximum atomic E-state index is 10.6. The Morgan fingerprint density at radius 2 is 2.08 bits per heavy atom. The van der Waals surface area contributed by atoms with Crippen molar-refractivity contribution in [1.82, 2.24) is 0 Å². The van der Waals surface area contributed by atoms with Crippen LogP contribution in [0.4, 0.5) is 0 Å². The molecule has 1 rings (SSSR count). The van der Waals surface area contributed by atoms with Gasteiger partial charge in [0.1, 0.15) is 0 Å². The minimum atomic E-state index is 0.0231. The average Bonchev–Trinajstić information content (AvgIpc) is 2.03. The smallest absolute Gasteiger partial charge is 0.152 e. The summed E-state index contributed by atoms with van der Waals surface area (Å²) in [5.41, 5.74) is 0.870. The summed E-state index contributed by atoms with van der Waals surface area (Å²) in [6.07, 6.45) is 3.21. The number of benzene rings is 1. The molecule has 62 valence electrons. The van der Waals surface area contributed by atoms with Crippen LogP contribution in [-0.4, -0.2) is 5.78 Å². The van der Waals surface area contributed by atoms with Crippen LogP contribution in [0.2, 0.25) is 5.02 Å². The first-order chi connectivity index (χ1) is 5.70. The number of hydrogen-bond acceptors (Lipinski definition) is 1. The van der Waals surface area contributed by atoms with Crippen LogP contribution in [0.3, 0.4) is 0 Å². The molecule has 0 aromatic heterocycles. The van der Waals surface area contributed by atoms with Crippen molar-refractivity contribution < 1.29 is 4.79 Å². The van der Waals surface area contributed by atoms with Gasteiger partial charge in [-0.2, -0.15) is 0 Å². The number of carbonyl (C=O) groups excluding carboxylic acids is 1. The van der Waals surface area contributed by atoms with Gasteiger partial charge in [0.2, 0.25) is 0 Å². The Bertz CT molecular complexity index is 315. The molecule has 0 bridgehead atoms. The van der Waals surface area contributed by atoms with Crippen LogP contribution in [0.1, 0.15) is 12.5 Å². The molecule has 0 saturated heterocycles. The van der Waals surface area contributed by atoms with Gasteiger partial charge in [0, 0.05) is 5.02 Å². The lowest BCUT2D eigenvalue weighted by atomic mass is 10.2. The van der Waals surface area contributed by atoms with Crippen molar-refractivity contribution in [2.75, 3.05) is 0 Å². The first-order valence-corrected chi connectivity index (χ1v) is 4.01. The highest BCUT2D eigenvalue weighted by Gasteiger charge is 1.92. The van der Waals surface area contributed by atoms with E-state index in [4.69, 9.17) is 11.6 Å². The zero-order valence-corrected chi connectivity index (χ0v) is 7.51. The monoisotopic (exact) mass is 180 g/mol. The number of carbonyl (C=O) groups is 1. The third kappa shape index (κ3) is 2.51. The summed E-state index contributed by atoms with van der Waals surface area (Å²) in [6.45, 7) is 1.51. The first-order valence-electron chi connectivity index (χ1n) is 3.63. The zero-order valence-electron chi connectivity index (χ0n) is 6.75. The number of hydrogen-bond donors (Lipinski definition) is 0. The lowest BCUT2D eigenvalue weighted by molar-refractivity contribution is -0.112. The van der Waals surface area contributed by atoms with Crippen LogP contribution in [0, 0.1) is 0 Å². The van der Waals surface area contributed by atoms with Crippen LogP contribution in [0.25, 0.3) is 6.08 Å². The van der Waals surface area contributed by atoms with Gasteiger partial charge in [0.15, 0.2) is 5.78 Å². The summed E-state index contributed by atoms with van der Waals surface area (Å²) in [5, 5.41) is 0.662. The van der Waals surface area contributed by atoms with Gasteiger partial charge >= 0.3 is 0 Å². The van der Waals surface area contributed by atoms with Crippen molar-refractivity contribution >= 4 is 23.5 Å². The molecular formula is C10H9ClO. The molecule has 12 heavy (non-hydrogen) atoms. The average molecular weight is 181 g/mol.